The number of hydrogen-bond acceptors (Lipinski definition) is 6. The number of nitrogens with zero attached hydrogens (tertiary/aromatic N) is 4. The topological polar surface area (TPSA) is 61.4 Å². The number of amides is 1. The number of likely N-dealkylation sites (N-methyl/N-ethyl adjacent to an activating group) is 1. The van der Waals surface area contributed by atoms with Crippen molar-refractivity contribution in [1.29, 1.82) is 0 Å². The van der Waals surface area contributed by atoms with E-state index in [9.17, 15) is 4.79 Å². The molecule has 0 unspecified atom stereocenters. The van der Waals surface area contributed by atoms with E-state index in [1.807, 2.05) is 26.0 Å². The second kappa shape index (κ2) is 9.21. The lowest BCUT2D eigenvalue weighted by Crippen LogP contribution is -2.45. The Morgan fingerprint density at radius 3 is 2.54 bits per heavy atom. The Morgan fingerprint density at radius 2 is 1.89 bits per heavy atom. The number of carbonyl (C=O) groups excluding carboxylic acids is 1. The van der Waals surface area contributed by atoms with Crippen LogP contribution in [0.5, 0.6) is 0 Å². The van der Waals surface area contributed by atoms with Crippen molar-refractivity contribution in [3.8, 4) is 0 Å². The first-order chi connectivity index (χ1) is 13.5. The first kappa shape index (κ1) is 20.4. The fourth-order valence-corrected chi connectivity index (χ4v) is 4.06. The number of nitrogens with one attached hydrogen (secondary N) is 1. The summed E-state index contributed by atoms with van der Waals surface area (Å²) in [5, 5.41) is 2.81. The lowest BCUT2D eigenvalue weighted by atomic mass is 10.2. The van der Waals surface area contributed by atoms with Gasteiger partial charge in [0, 0.05) is 37.6 Å². The lowest BCUT2D eigenvalue weighted by molar-refractivity contribution is -0.116. The van der Waals surface area contributed by atoms with Gasteiger partial charge in [0.25, 0.3) is 0 Å². The van der Waals surface area contributed by atoms with E-state index in [1.165, 1.54) is 6.08 Å². The van der Waals surface area contributed by atoms with E-state index in [-0.39, 0.29) is 5.91 Å². The van der Waals surface area contributed by atoms with E-state index < -0.39 is 0 Å². The van der Waals surface area contributed by atoms with Gasteiger partial charge in [-0.25, -0.2) is 9.97 Å². The molecule has 1 amide bonds. The SMILES string of the molecule is C=CC(=O)NCc1cccc(Sc2c(C)nc(N3CCN(C)CC3)nc2C)c1. The van der Waals surface area contributed by atoms with Gasteiger partial charge < -0.3 is 15.1 Å². The predicted molar refractivity (Wildman–Crippen MR) is 114 cm³/mol. The molecule has 7 heteroatoms. The van der Waals surface area contributed by atoms with Gasteiger partial charge in [-0.2, -0.15) is 0 Å². The van der Waals surface area contributed by atoms with Crippen molar-refractivity contribution >= 4 is 23.6 Å². The van der Waals surface area contributed by atoms with Gasteiger partial charge in [0.2, 0.25) is 11.9 Å². The van der Waals surface area contributed by atoms with Crippen LogP contribution in [0.2, 0.25) is 0 Å². The van der Waals surface area contributed by atoms with Crippen molar-refractivity contribution in [1.82, 2.24) is 20.2 Å². The van der Waals surface area contributed by atoms with Crippen LogP contribution in [0.25, 0.3) is 0 Å². The van der Waals surface area contributed by atoms with Gasteiger partial charge in [-0.1, -0.05) is 30.5 Å². The Labute approximate surface area is 171 Å². The van der Waals surface area contributed by atoms with Crippen molar-refractivity contribution in [2.24, 2.45) is 0 Å². The van der Waals surface area contributed by atoms with Crippen LogP contribution in [0.3, 0.4) is 0 Å². The highest BCUT2D eigenvalue weighted by molar-refractivity contribution is 7.99. The van der Waals surface area contributed by atoms with E-state index in [2.05, 4.69) is 40.9 Å². The highest BCUT2D eigenvalue weighted by Gasteiger charge is 2.19. The van der Waals surface area contributed by atoms with Gasteiger partial charge >= 0.3 is 0 Å². The van der Waals surface area contributed by atoms with Crippen LogP contribution in [0, 0.1) is 13.8 Å². The summed E-state index contributed by atoms with van der Waals surface area (Å²) in [5.74, 6) is 0.658. The van der Waals surface area contributed by atoms with Crippen molar-refractivity contribution in [3.05, 3.63) is 53.9 Å². The van der Waals surface area contributed by atoms with Gasteiger partial charge in [0.15, 0.2) is 0 Å². The minimum absolute atomic E-state index is 0.169. The maximum atomic E-state index is 11.4. The molecule has 148 valence electrons. The van der Waals surface area contributed by atoms with Crippen LogP contribution in [0.15, 0.2) is 46.7 Å². The van der Waals surface area contributed by atoms with Crippen LogP contribution in [0.1, 0.15) is 17.0 Å². The Bertz CT molecular complexity index is 839. The Balaban J connectivity index is 1.74. The summed E-state index contributed by atoms with van der Waals surface area (Å²) < 4.78 is 0. The highest BCUT2D eigenvalue weighted by atomic mass is 32.2. The second-order valence-electron chi connectivity index (χ2n) is 6.99. The van der Waals surface area contributed by atoms with Crippen molar-refractivity contribution in [3.63, 3.8) is 0 Å². The zero-order chi connectivity index (χ0) is 20.1. The van der Waals surface area contributed by atoms with Gasteiger partial charge in [-0.3, -0.25) is 4.79 Å². The third-order valence-corrected chi connectivity index (χ3v) is 6.03. The van der Waals surface area contributed by atoms with Crippen molar-refractivity contribution in [2.45, 2.75) is 30.2 Å². The second-order valence-corrected chi connectivity index (χ2v) is 8.07. The van der Waals surface area contributed by atoms with E-state index in [0.717, 1.165) is 58.9 Å². The van der Waals surface area contributed by atoms with E-state index in [0.29, 0.717) is 6.54 Å². The molecule has 1 fully saturated rings. The first-order valence-electron chi connectivity index (χ1n) is 9.42. The molecule has 1 N–H and O–H groups in total. The molecule has 0 radical (unpaired) electrons. The van der Waals surface area contributed by atoms with Crippen molar-refractivity contribution < 1.29 is 4.79 Å². The van der Waals surface area contributed by atoms with Gasteiger partial charge in [-0.05, 0) is 44.7 Å². The van der Waals surface area contributed by atoms with E-state index >= 15 is 0 Å². The molecule has 0 aliphatic carbocycles. The molecule has 2 aromatic rings. The third-order valence-electron chi connectivity index (χ3n) is 4.75. The zero-order valence-electron chi connectivity index (χ0n) is 16.7. The van der Waals surface area contributed by atoms with Crippen LogP contribution in [-0.4, -0.2) is 54.0 Å². The fourth-order valence-electron chi connectivity index (χ4n) is 3.08. The number of hydrogen-bond donors (Lipinski definition) is 1. The van der Waals surface area contributed by atoms with Crippen LogP contribution < -0.4 is 10.2 Å². The van der Waals surface area contributed by atoms with Crippen LogP contribution in [-0.2, 0) is 11.3 Å². The highest BCUT2D eigenvalue weighted by Crippen LogP contribution is 2.33. The Morgan fingerprint density at radius 1 is 1.21 bits per heavy atom. The quantitative estimate of drug-likeness (QED) is 0.757. The summed E-state index contributed by atoms with van der Waals surface area (Å²) in [4.78, 5) is 27.7. The number of carbonyl (C=O) groups is 1. The lowest BCUT2D eigenvalue weighted by Gasteiger charge is -2.32. The zero-order valence-corrected chi connectivity index (χ0v) is 17.6. The standard InChI is InChI=1S/C21H27N5OS/c1-5-19(27)22-14-17-7-6-8-18(13-17)28-20-15(2)23-21(24-16(20)3)26-11-9-25(4)10-12-26/h5-8,13H,1,9-12,14H2,2-4H3,(H,22,27). The van der Waals surface area contributed by atoms with E-state index in [1.54, 1.807) is 11.8 Å². The minimum Gasteiger partial charge on any atom is -0.348 e. The average molecular weight is 398 g/mol. The predicted octanol–water partition coefficient (Wildman–Crippen LogP) is 2.80. The molecule has 6 nitrogen and oxygen atoms in total. The first-order valence-corrected chi connectivity index (χ1v) is 10.2. The molecule has 1 aromatic heterocycles. The average Bonchev–Trinajstić information content (AvgIpc) is 2.69. The number of benzene rings is 1. The van der Waals surface area contributed by atoms with Crippen LogP contribution in [0.4, 0.5) is 5.95 Å². The number of anilines is 1. The van der Waals surface area contributed by atoms with E-state index in [4.69, 9.17) is 9.97 Å². The fraction of sp³-hybridized carbons (Fsp3) is 0.381. The summed E-state index contributed by atoms with van der Waals surface area (Å²) in [5.41, 5.74) is 3.04. The van der Waals surface area contributed by atoms with Crippen LogP contribution >= 0.6 is 11.8 Å². The summed E-state index contributed by atoms with van der Waals surface area (Å²) in [7, 11) is 2.14. The monoisotopic (exact) mass is 397 g/mol. The van der Waals surface area contributed by atoms with Crippen molar-refractivity contribution in [2.75, 3.05) is 38.1 Å². The van der Waals surface area contributed by atoms with Gasteiger partial charge in [0.1, 0.15) is 0 Å². The molecular weight excluding hydrogens is 370 g/mol. The number of piperazine rings is 1. The summed E-state index contributed by atoms with van der Waals surface area (Å²) in [6.45, 7) is 12.0. The normalized spacial score (nSPS) is 14.8. The number of rotatable bonds is 6. The number of aromatic nitrogens is 2. The summed E-state index contributed by atoms with van der Waals surface area (Å²) >= 11 is 1.67. The Kier molecular flexibility index (Phi) is 6.70. The minimum atomic E-state index is -0.169. The molecule has 1 aliphatic heterocycles. The summed E-state index contributed by atoms with van der Waals surface area (Å²) in [6.07, 6.45) is 1.28. The maximum absolute atomic E-state index is 11.4. The molecular formula is C21H27N5OS. The molecule has 1 aliphatic rings. The largest absolute Gasteiger partial charge is 0.348 e. The molecule has 28 heavy (non-hydrogen) atoms. The Hall–Kier alpha value is -2.38. The molecule has 0 bridgehead atoms. The third kappa shape index (κ3) is 5.11. The number of aryl methyl sites for hydroxylation is 2. The molecule has 0 atom stereocenters. The summed E-state index contributed by atoms with van der Waals surface area (Å²) in [6, 6.07) is 8.15. The molecule has 1 saturated heterocycles. The molecule has 0 spiro atoms. The molecule has 2 heterocycles. The van der Waals surface area contributed by atoms with Gasteiger partial charge in [0.05, 0.1) is 16.3 Å². The van der Waals surface area contributed by atoms with Gasteiger partial charge in [-0.15, -0.1) is 0 Å². The smallest absolute Gasteiger partial charge is 0.243 e. The maximum Gasteiger partial charge on any atom is 0.243 e. The molecule has 3 rings (SSSR count). The molecule has 1 aromatic carbocycles. The molecule has 0 saturated carbocycles.